The Morgan fingerprint density at radius 2 is 1.90 bits per heavy atom. The summed E-state index contributed by atoms with van der Waals surface area (Å²) in [5.41, 5.74) is 0.905. The highest BCUT2D eigenvalue weighted by Crippen LogP contribution is 2.30. The van der Waals surface area contributed by atoms with Crippen molar-refractivity contribution in [2.75, 3.05) is 18.2 Å². The topological polar surface area (TPSA) is 102 Å². The Kier molecular flexibility index (Phi) is 6.93. The van der Waals surface area contributed by atoms with Crippen molar-refractivity contribution in [3.63, 3.8) is 0 Å². The molecule has 3 rings (SSSR count). The number of aromatic nitrogens is 3. The Hall–Kier alpha value is -3.51. The number of nitrogens with zero attached hydrogens (tertiary/aromatic N) is 4. The number of para-hydroxylation sites is 3. The van der Waals surface area contributed by atoms with Crippen LogP contribution in [0.15, 0.2) is 53.7 Å². The molecule has 154 valence electrons. The molecule has 3 aromatic rings. The largest absolute Gasteiger partial charge is 0.493 e. The minimum Gasteiger partial charge on any atom is -0.493 e. The molecule has 2 aromatic carbocycles. The number of methoxy groups -OCH3 is 1. The van der Waals surface area contributed by atoms with E-state index in [0.29, 0.717) is 33.7 Å². The number of thioether (sulfide) groups is 1. The zero-order valence-electron chi connectivity index (χ0n) is 16.8. The second kappa shape index (κ2) is 9.80. The molecular formula is C21H21N5O3S. The van der Waals surface area contributed by atoms with E-state index in [1.165, 1.54) is 11.8 Å². The Morgan fingerprint density at radius 1 is 1.20 bits per heavy atom. The number of anilines is 1. The van der Waals surface area contributed by atoms with Crippen molar-refractivity contribution in [2.24, 2.45) is 7.05 Å². The SMILES string of the molecule is COc1ccccc1OC(C)c1nnc(SCC(=O)Nc2ccccc2C#N)n1C. The van der Waals surface area contributed by atoms with Crippen molar-refractivity contribution in [1.29, 1.82) is 5.26 Å². The van der Waals surface area contributed by atoms with E-state index in [0.717, 1.165) is 0 Å². The normalized spacial score (nSPS) is 11.4. The van der Waals surface area contributed by atoms with Crippen LogP contribution in [0.4, 0.5) is 5.69 Å². The van der Waals surface area contributed by atoms with E-state index >= 15 is 0 Å². The number of rotatable bonds is 8. The number of amides is 1. The molecule has 0 spiro atoms. The molecule has 30 heavy (non-hydrogen) atoms. The zero-order valence-corrected chi connectivity index (χ0v) is 17.6. The lowest BCUT2D eigenvalue weighted by Crippen LogP contribution is -2.15. The summed E-state index contributed by atoms with van der Waals surface area (Å²) >= 11 is 1.25. The second-order valence-corrected chi connectivity index (χ2v) is 7.25. The van der Waals surface area contributed by atoms with Gasteiger partial charge in [-0.3, -0.25) is 4.79 Å². The number of ether oxygens (including phenoxy) is 2. The first-order valence-electron chi connectivity index (χ1n) is 9.14. The van der Waals surface area contributed by atoms with Crippen LogP contribution in [-0.2, 0) is 11.8 Å². The van der Waals surface area contributed by atoms with Gasteiger partial charge in [-0.05, 0) is 31.2 Å². The number of nitrogens with one attached hydrogen (secondary N) is 1. The Labute approximate surface area is 178 Å². The molecule has 1 N–H and O–H groups in total. The summed E-state index contributed by atoms with van der Waals surface area (Å²) in [5, 5.41) is 20.8. The van der Waals surface area contributed by atoms with Crippen molar-refractivity contribution in [2.45, 2.75) is 18.2 Å². The Morgan fingerprint density at radius 3 is 2.63 bits per heavy atom. The Balaban J connectivity index is 1.62. The van der Waals surface area contributed by atoms with Crippen molar-refractivity contribution in [1.82, 2.24) is 14.8 Å². The second-order valence-electron chi connectivity index (χ2n) is 6.30. The van der Waals surface area contributed by atoms with Crippen LogP contribution in [0.3, 0.4) is 0 Å². The summed E-state index contributed by atoms with van der Waals surface area (Å²) in [6, 6.07) is 16.3. The van der Waals surface area contributed by atoms with Gasteiger partial charge in [0.05, 0.1) is 24.1 Å². The number of hydrogen-bond acceptors (Lipinski definition) is 7. The maximum Gasteiger partial charge on any atom is 0.234 e. The summed E-state index contributed by atoms with van der Waals surface area (Å²) in [5.74, 6) is 1.77. The van der Waals surface area contributed by atoms with Gasteiger partial charge in [-0.25, -0.2) is 0 Å². The van der Waals surface area contributed by atoms with Crippen molar-refractivity contribution in [3.05, 3.63) is 59.9 Å². The van der Waals surface area contributed by atoms with Gasteiger partial charge in [0, 0.05) is 7.05 Å². The maximum absolute atomic E-state index is 12.3. The molecule has 1 amide bonds. The average molecular weight is 423 g/mol. The molecule has 0 saturated heterocycles. The maximum atomic E-state index is 12.3. The summed E-state index contributed by atoms with van der Waals surface area (Å²) < 4.78 is 13.1. The molecule has 8 nitrogen and oxygen atoms in total. The van der Waals surface area contributed by atoms with E-state index in [2.05, 4.69) is 21.6 Å². The molecular weight excluding hydrogens is 402 g/mol. The molecule has 0 radical (unpaired) electrons. The van der Waals surface area contributed by atoms with E-state index in [-0.39, 0.29) is 17.8 Å². The monoisotopic (exact) mass is 423 g/mol. The van der Waals surface area contributed by atoms with E-state index < -0.39 is 0 Å². The first-order valence-corrected chi connectivity index (χ1v) is 10.1. The molecule has 0 bridgehead atoms. The molecule has 0 saturated carbocycles. The molecule has 0 aliphatic rings. The lowest BCUT2D eigenvalue weighted by atomic mass is 10.2. The van der Waals surface area contributed by atoms with Gasteiger partial charge in [-0.1, -0.05) is 36.0 Å². The standard InChI is InChI=1S/C21H21N5O3S/c1-14(29-18-11-7-6-10-17(18)28-3)20-24-25-21(26(20)2)30-13-19(27)23-16-9-5-4-8-15(16)12-22/h4-11,14H,13H2,1-3H3,(H,23,27). The fraction of sp³-hybridized carbons (Fsp3) is 0.238. The quantitative estimate of drug-likeness (QED) is 0.553. The van der Waals surface area contributed by atoms with Gasteiger partial charge in [0.15, 0.2) is 28.6 Å². The molecule has 0 fully saturated rings. The van der Waals surface area contributed by atoms with Gasteiger partial charge >= 0.3 is 0 Å². The summed E-state index contributed by atoms with van der Waals surface area (Å²) in [7, 11) is 3.41. The van der Waals surface area contributed by atoms with Gasteiger partial charge in [0.2, 0.25) is 5.91 Å². The minimum absolute atomic E-state index is 0.132. The van der Waals surface area contributed by atoms with E-state index in [4.69, 9.17) is 14.7 Å². The van der Waals surface area contributed by atoms with Crippen molar-refractivity contribution >= 4 is 23.4 Å². The van der Waals surface area contributed by atoms with Crippen LogP contribution in [0.25, 0.3) is 0 Å². The fourth-order valence-corrected chi connectivity index (χ4v) is 3.49. The van der Waals surface area contributed by atoms with Gasteiger partial charge in [0.25, 0.3) is 0 Å². The summed E-state index contributed by atoms with van der Waals surface area (Å²) in [4.78, 5) is 12.3. The summed E-state index contributed by atoms with van der Waals surface area (Å²) in [6.07, 6.45) is -0.371. The first kappa shape index (κ1) is 21.2. The molecule has 0 aliphatic heterocycles. The third-order valence-corrected chi connectivity index (χ3v) is 5.28. The molecule has 0 aliphatic carbocycles. The van der Waals surface area contributed by atoms with Crippen LogP contribution in [0.1, 0.15) is 24.4 Å². The van der Waals surface area contributed by atoms with Crippen LogP contribution in [0.2, 0.25) is 0 Å². The van der Waals surface area contributed by atoms with Crippen LogP contribution in [0.5, 0.6) is 11.5 Å². The number of benzene rings is 2. The molecule has 1 aromatic heterocycles. The van der Waals surface area contributed by atoms with Crippen LogP contribution >= 0.6 is 11.8 Å². The molecule has 1 unspecified atom stereocenters. The minimum atomic E-state index is -0.371. The predicted molar refractivity (Wildman–Crippen MR) is 114 cm³/mol. The van der Waals surface area contributed by atoms with Gasteiger partial charge in [0.1, 0.15) is 6.07 Å². The summed E-state index contributed by atoms with van der Waals surface area (Å²) in [6.45, 7) is 1.87. The smallest absolute Gasteiger partial charge is 0.234 e. The van der Waals surface area contributed by atoms with Crippen LogP contribution in [0, 0.1) is 11.3 Å². The molecule has 9 heteroatoms. The lowest BCUT2D eigenvalue weighted by molar-refractivity contribution is -0.113. The zero-order chi connectivity index (χ0) is 21.5. The van der Waals surface area contributed by atoms with Crippen molar-refractivity contribution in [3.8, 4) is 17.6 Å². The van der Waals surface area contributed by atoms with Crippen molar-refractivity contribution < 1.29 is 14.3 Å². The van der Waals surface area contributed by atoms with Gasteiger partial charge in [-0.15, -0.1) is 10.2 Å². The first-order chi connectivity index (χ1) is 14.5. The number of carbonyl (C=O) groups is 1. The third kappa shape index (κ3) is 4.90. The third-order valence-electron chi connectivity index (χ3n) is 4.26. The van der Waals surface area contributed by atoms with E-state index in [1.807, 2.05) is 38.2 Å². The lowest BCUT2D eigenvalue weighted by Gasteiger charge is -2.16. The highest BCUT2D eigenvalue weighted by Gasteiger charge is 2.19. The number of nitriles is 1. The van der Waals surface area contributed by atoms with E-state index in [9.17, 15) is 4.79 Å². The molecule has 1 atom stereocenters. The van der Waals surface area contributed by atoms with Gasteiger partial charge in [-0.2, -0.15) is 5.26 Å². The molecule has 1 heterocycles. The highest BCUT2D eigenvalue weighted by molar-refractivity contribution is 7.99. The fourth-order valence-electron chi connectivity index (χ4n) is 2.77. The number of hydrogen-bond donors (Lipinski definition) is 1. The predicted octanol–water partition coefficient (Wildman–Crippen LogP) is 3.57. The average Bonchev–Trinajstić information content (AvgIpc) is 3.13. The van der Waals surface area contributed by atoms with Gasteiger partial charge < -0.3 is 19.4 Å². The van der Waals surface area contributed by atoms with Crippen LogP contribution < -0.4 is 14.8 Å². The highest BCUT2D eigenvalue weighted by atomic mass is 32.2. The van der Waals surface area contributed by atoms with Crippen LogP contribution in [-0.4, -0.2) is 33.5 Å². The number of carbonyl (C=O) groups excluding carboxylic acids is 1. The van der Waals surface area contributed by atoms with E-state index in [1.54, 1.807) is 35.9 Å². The Bertz CT molecular complexity index is 1080.